The summed E-state index contributed by atoms with van der Waals surface area (Å²) in [6, 6.07) is 3.40. The summed E-state index contributed by atoms with van der Waals surface area (Å²) in [6.45, 7) is 5.74. The number of rotatable bonds is 2. The Balaban J connectivity index is 1.96. The van der Waals surface area contributed by atoms with Gasteiger partial charge in [0.15, 0.2) is 0 Å². The minimum absolute atomic E-state index is 0.266. The Morgan fingerprint density at radius 3 is 2.38 bits per heavy atom. The van der Waals surface area contributed by atoms with E-state index in [1.165, 1.54) is 23.4 Å². The van der Waals surface area contributed by atoms with Gasteiger partial charge in [-0.25, -0.2) is 9.59 Å². The molecule has 0 saturated carbocycles. The molecule has 0 aliphatic carbocycles. The van der Waals surface area contributed by atoms with Crippen LogP contribution in [-0.4, -0.2) is 50.7 Å². The molecule has 1 aliphatic rings. The van der Waals surface area contributed by atoms with Crippen LogP contribution in [0.15, 0.2) is 36.2 Å². The highest BCUT2D eigenvalue weighted by molar-refractivity contribution is 5.78. The molecule has 2 aromatic rings. The molecule has 2 heterocycles. The molecule has 1 N–H and O–H groups in total. The topological polar surface area (TPSA) is 84.7 Å². The fourth-order valence-electron chi connectivity index (χ4n) is 3.33. The second kappa shape index (κ2) is 8.68. The van der Waals surface area contributed by atoms with Crippen LogP contribution in [0.3, 0.4) is 0 Å². The quantitative estimate of drug-likeness (QED) is 0.651. The number of alkyl halides is 3. The van der Waals surface area contributed by atoms with Crippen LogP contribution in [0.25, 0.3) is 17.2 Å². The van der Waals surface area contributed by atoms with Gasteiger partial charge in [-0.15, -0.1) is 0 Å². The minimum Gasteiger partial charge on any atom is -0.465 e. The zero-order chi connectivity index (χ0) is 23.7. The third-order valence-electron chi connectivity index (χ3n) is 4.89. The molecule has 0 bridgehead atoms. The first-order chi connectivity index (χ1) is 14.8. The Kier molecular flexibility index (Phi) is 6.34. The molecule has 1 saturated heterocycles. The van der Waals surface area contributed by atoms with Crippen LogP contribution in [0.4, 0.5) is 22.8 Å². The van der Waals surface area contributed by atoms with Gasteiger partial charge in [0.25, 0.3) is 0 Å². The van der Waals surface area contributed by atoms with Crippen molar-refractivity contribution in [2.24, 2.45) is 0 Å². The number of hydrogen-bond donors (Lipinski definition) is 1. The normalized spacial score (nSPS) is 14.9. The largest absolute Gasteiger partial charge is 0.465 e. The van der Waals surface area contributed by atoms with Gasteiger partial charge in [-0.05, 0) is 56.9 Å². The molecule has 3 rings (SSSR count). The fraction of sp³-hybridized carbons (Fsp3) is 0.409. The molecular weight excluding hydrogens is 427 g/mol. The molecule has 1 fully saturated rings. The number of likely N-dealkylation sites (tertiary alicyclic amines) is 1. The van der Waals surface area contributed by atoms with E-state index in [1.807, 2.05) is 0 Å². The molecule has 0 radical (unpaired) electrons. The number of hydrogen-bond acceptors (Lipinski definition) is 4. The van der Waals surface area contributed by atoms with Crippen LogP contribution in [0, 0.1) is 0 Å². The molecule has 1 aromatic carbocycles. The minimum atomic E-state index is -4.53. The van der Waals surface area contributed by atoms with Crippen LogP contribution in [0.1, 0.15) is 44.7 Å². The van der Waals surface area contributed by atoms with E-state index in [2.05, 4.69) is 5.10 Å². The number of ether oxygens (including phenoxy) is 1. The predicted molar refractivity (Wildman–Crippen MR) is 111 cm³/mol. The van der Waals surface area contributed by atoms with Crippen molar-refractivity contribution in [2.75, 3.05) is 13.1 Å². The standard InChI is InChI=1S/C22H24F3N3O4/c1-21(2,3)32-20(31)28-13-16(12-26-28)18-11-17(22(23,24)25)5-4-15(18)10-14-6-8-27(9-7-14)19(29)30/h4-5,10-13H,6-9H2,1-3H3,(H,29,30). The van der Waals surface area contributed by atoms with E-state index in [0.717, 1.165) is 22.4 Å². The number of halogens is 3. The Morgan fingerprint density at radius 2 is 1.81 bits per heavy atom. The molecule has 1 aromatic heterocycles. The Hall–Kier alpha value is -3.30. The average molecular weight is 451 g/mol. The lowest BCUT2D eigenvalue weighted by molar-refractivity contribution is -0.137. The summed E-state index contributed by atoms with van der Waals surface area (Å²) in [6.07, 6.45) is -0.861. The van der Waals surface area contributed by atoms with Crippen LogP contribution in [0.5, 0.6) is 0 Å². The van der Waals surface area contributed by atoms with Crippen LogP contribution in [0.2, 0.25) is 0 Å². The number of amides is 1. The smallest absolute Gasteiger partial charge is 0.435 e. The molecule has 0 atom stereocenters. The second-order valence-corrected chi connectivity index (χ2v) is 8.53. The zero-order valence-electron chi connectivity index (χ0n) is 17.9. The first-order valence-corrected chi connectivity index (χ1v) is 10.0. The van der Waals surface area contributed by atoms with Gasteiger partial charge in [-0.2, -0.15) is 23.0 Å². The Bertz CT molecular complexity index is 1040. The number of benzene rings is 1. The Morgan fingerprint density at radius 1 is 1.16 bits per heavy atom. The van der Waals surface area contributed by atoms with E-state index >= 15 is 0 Å². The van der Waals surface area contributed by atoms with Crippen LogP contribution < -0.4 is 0 Å². The number of piperidine rings is 1. The van der Waals surface area contributed by atoms with Crippen molar-refractivity contribution in [3.63, 3.8) is 0 Å². The van der Waals surface area contributed by atoms with E-state index in [0.29, 0.717) is 37.1 Å². The summed E-state index contributed by atoms with van der Waals surface area (Å²) >= 11 is 0. The first-order valence-electron chi connectivity index (χ1n) is 10.0. The van der Waals surface area contributed by atoms with Gasteiger partial charge >= 0.3 is 18.4 Å². The van der Waals surface area contributed by atoms with E-state index < -0.39 is 29.5 Å². The maximum atomic E-state index is 13.3. The van der Waals surface area contributed by atoms with Crippen LogP contribution >= 0.6 is 0 Å². The lowest BCUT2D eigenvalue weighted by Crippen LogP contribution is -2.35. The van der Waals surface area contributed by atoms with Gasteiger partial charge < -0.3 is 14.7 Å². The van der Waals surface area contributed by atoms with E-state index in [-0.39, 0.29) is 5.56 Å². The van der Waals surface area contributed by atoms with Gasteiger partial charge in [0.1, 0.15) is 5.60 Å². The highest BCUT2D eigenvalue weighted by atomic mass is 19.4. The third-order valence-corrected chi connectivity index (χ3v) is 4.89. The molecule has 7 nitrogen and oxygen atoms in total. The van der Waals surface area contributed by atoms with Crippen molar-refractivity contribution in [2.45, 2.75) is 45.4 Å². The van der Waals surface area contributed by atoms with Gasteiger partial charge in [0.2, 0.25) is 0 Å². The summed E-state index contributed by atoms with van der Waals surface area (Å²) < 4.78 is 46.2. The molecule has 172 valence electrons. The van der Waals surface area contributed by atoms with Crippen molar-refractivity contribution in [3.05, 3.63) is 47.3 Å². The summed E-state index contributed by atoms with van der Waals surface area (Å²) in [7, 11) is 0. The number of aromatic nitrogens is 2. The van der Waals surface area contributed by atoms with Gasteiger partial charge in [-0.1, -0.05) is 17.7 Å². The molecular formula is C22H24F3N3O4. The molecule has 1 aliphatic heterocycles. The number of carbonyl (C=O) groups is 2. The zero-order valence-corrected chi connectivity index (χ0v) is 17.9. The van der Waals surface area contributed by atoms with E-state index in [9.17, 15) is 22.8 Å². The number of carbonyl (C=O) groups excluding carboxylic acids is 1. The summed E-state index contributed by atoms with van der Waals surface area (Å²) in [5.41, 5.74) is 0.489. The van der Waals surface area contributed by atoms with E-state index in [4.69, 9.17) is 9.84 Å². The monoisotopic (exact) mass is 451 g/mol. The fourth-order valence-corrected chi connectivity index (χ4v) is 3.33. The molecule has 10 heteroatoms. The third kappa shape index (κ3) is 5.68. The van der Waals surface area contributed by atoms with Gasteiger partial charge in [-0.3, -0.25) is 0 Å². The maximum absolute atomic E-state index is 13.3. The SMILES string of the molecule is CC(C)(C)OC(=O)n1cc(-c2cc(C(F)(F)F)ccc2C=C2CCN(C(=O)O)CC2)cn1. The highest BCUT2D eigenvalue weighted by Crippen LogP contribution is 2.35. The predicted octanol–water partition coefficient (Wildman–Crippen LogP) is 5.51. The van der Waals surface area contributed by atoms with Crippen molar-refractivity contribution in [3.8, 4) is 11.1 Å². The molecule has 1 amide bonds. The van der Waals surface area contributed by atoms with E-state index in [1.54, 1.807) is 26.8 Å². The Labute approximate surface area is 183 Å². The molecule has 0 spiro atoms. The number of carboxylic acid groups (broad SMARTS) is 1. The van der Waals surface area contributed by atoms with Gasteiger partial charge in [0, 0.05) is 24.8 Å². The summed E-state index contributed by atoms with van der Waals surface area (Å²) in [5, 5.41) is 13.0. The average Bonchev–Trinajstić information content (AvgIpc) is 3.17. The van der Waals surface area contributed by atoms with Crippen molar-refractivity contribution >= 4 is 18.3 Å². The van der Waals surface area contributed by atoms with Crippen molar-refractivity contribution < 1.29 is 32.6 Å². The van der Waals surface area contributed by atoms with Gasteiger partial charge in [0.05, 0.1) is 11.8 Å². The van der Waals surface area contributed by atoms with Crippen molar-refractivity contribution in [1.29, 1.82) is 0 Å². The maximum Gasteiger partial charge on any atom is 0.435 e. The molecule has 0 unspecified atom stereocenters. The highest BCUT2D eigenvalue weighted by Gasteiger charge is 2.31. The molecule has 32 heavy (non-hydrogen) atoms. The van der Waals surface area contributed by atoms with Crippen molar-refractivity contribution in [1.82, 2.24) is 14.7 Å². The lowest BCUT2D eigenvalue weighted by Gasteiger charge is -2.26. The van der Waals surface area contributed by atoms with Crippen LogP contribution in [-0.2, 0) is 10.9 Å². The lowest BCUT2D eigenvalue weighted by atomic mass is 9.95. The summed E-state index contributed by atoms with van der Waals surface area (Å²) in [4.78, 5) is 24.6. The summed E-state index contributed by atoms with van der Waals surface area (Å²) in [5.74, 6) is 0. The first kappa shape index (κ1) is 23.4. The second-order valence-electron chi connectivity index (χ2n) is 8.53. The number of nitrogens with zero attached hydrogens (tertiary/aromatic N) is 3.